The molecule has 0 spiro atoms. The van der Waals surface area contributed by atoms with Crippen LogP contribution >= 0.6 is 0 Å². The minimum absolute atomic E-state index is 0.291. The normalized spacial score (nSPS) is 18.0. The molecule has 1 fully saturated rings. The first-order valence-electron chi connectivity index (χ1n) is 7.00. The van der Waals surface area contributed by atoms with Gasteiger partial charge in [-0.15, -0.1) is 0 Å². The van der Waals surface area contributed by atoms with Crippen molar-refractivity contribution in [1.82, 2.24) is 14.9 Å². The summed E-state index contributed by atoms with van der Waals surface area (Å²) >= 11 is 0. The van der Waals surface area contributed by atoms with Gasteiger partial charge < -0.3 is 15.0 Å². The fourth-order valence-electron chi connectivity index (χ4n) is 2.68. The van der Waals surface area contributed by atoms with E-state index in [1.54, 1.807) is 17.8 Å². The monoisotopic (exact) mass is 287 g/mol. The van der Waals surface area contributed by atoms with E-state index in [1.165, 1.54) is 0 Å². The summed E-state index contributed by atoms with van der Waals surface area (Å²) in [6, 6.07) is 7.03. The lowest BCUT2D eigenvalue weighted by molar-refractivity contribution is -0.152. The Morgan fingerprint density at radius 1 is 1.38 bits per heavy atom. The van der Waals surface area contributed by atoms with Gasteiger partial charge in [-0.3, -0.25) is 4.79 Å². The smallest absolute Gasteiger partial charge is 0.329 e. The molecule has 1 atom stereocenters. The number of nitrogens with zero attached hydrogens (tertiary/aromatic N) is 2. The molecule has 1 aromatic heterocycles. The predicted molar refractivity (Wildman–Crippen MR) is 76.8 cm³/mol. The number of carboxylic acids is 1. The van der Waals surface area contributed by atoms with Crippen molar-refractivity contribution in [3.63, 3.8) is 0 Å². The number of rotatable bonds is 4. The van der Waals surface area contributed by atoms with Gasteiger partial charge in [-0.25, -0.2) is 9.78 Å². The Bertz CT molecular complexity index is 703. The van der Waals surface area contributed by atoms with Crippen LogP contribution in [-0.4, -0.2) is 32.1 Å². The zero-order chi connectivity index (χ0) is 15.0. The Morgan fingerprint density at radius 2 is 2.10 bits per heavy atom. The molecule has 1 aliphatic rings. The molecule has 6 nitrogen and oxygen atoms in total. The maximum atomic E-state index is 12.4. The molecule has 3 rings (SSSR count). The highest BCUT2D eigenvalue weighted by molar-refractivity contribution is 5.90. The zero-order valence-electron chi connectivity index (χ0n) is 11.7. The van der Waals surface area contributed by atoms with Gasteiger partial charge in [0.2, 0.25) is 5.91 Å². The molecule has 0 radical (unpaired) electrons. The summed E-state index contributed by atoms with van der Waals surface area (Å²) in [5, 5.41) is 12.0. The first-order chi connectivity index (χ1) is 10.0. The van der Waals surface area contributed by atoms with E-state index in [-0.39, 0.29) is 5.91 Å². The van der Waals surface area contributed by atoms with Gasteiger partial charge in [0.05, 0.1) is 17.4 Å². The average molecular weight is 287 g/mol. The van der Waals surface area contributed by atoms with Gasteiger partial charge in [0.25, 0.3) is 0 Å². The lowest BCUT2D eigenvalue weighted by atomic mass is 9.76. The third-order valence-electron chi connectivity index (χ3n) is 4.26. The maximum absolute atomic E-state index is 12.4. The highest BCUT2D eigenvalue weighted by atomic mass is 16.4. The van der Waals surface area contributed by atoms with Crippen LogP contribution in [0.2, 0.25) is 0 Å². The quantitative estimate of drug-likeness (QED) is 0.896. The van der Waals surface area contributed by atoms with Crippen molar-refractivity contribution in [2.75, 3.05) is 0 Å². The molecule has 1 saturated carbocycles. The molecule has 2 N–H and O–H groups in total. The van der Waals surface area contributed by atoms with Crippen molar-refractivity contribution >= 4 is 22.9 Å². The van der Waals surface area contributed by atoms with Crippen LogP contribution in [0.5, 0.6) is 0 Å². The number of amides is 1. The lowest BCUT2D eigenvalue weighted by Crippen LogP contribution is -2.60. The summed E-state index contributed by atoms with van der Waals surface area (Å²) in [5.41, 5.74) is 0.591. The van der Waals surface area contributed by atoms with E-state index in [4.69, 9.17) is 0 Å². The number of carbonyl (C=O) groups is 2. The molecule has 1 aromatic carbocycles. The molecule has 1 amide bonds. The molecular weight excluding hydrogens is 270 g/mol. The predicted octanol–water partition coefficient (Wildman–Crippen LogP) is 1.72. The zero-order valence-corrected chi connectivity index (χ0v) is 11.7. The Hall–Kier alpha value is -2.37. The lowest BCUT2D eigenvalue weighted by Gasteiger charge is -2.39. The number of aromatic nitrogens is 2. The van der Waals surface area contributed by atoms with Crippen molar-refractivity contribution in [3.05, 3.63) is 30.6 Å². The van der Waals surface area contributed by atoms with Crippen LogP contribution in [0.4, 0.5) is 0 Å². The van der Waals surface area contributed by atoms with Crippen LogP contribution in [0, 0.1) is 0 Å². The summed E-state index contributed by atoms with van der Waals surface area (Å²) in [4.78, 5) is 28.0. The number of para-hydroxylation sites is 2. The number of hydrogen-bond acceptors (Lipinski definition) is 3. The molecule has 1 aliphatic carbocycles. The SMILES string of the molecule is CC(C(=O)NC1(C(=O)O)CCC1)n1cnc2ccccc21. The van der Waals surface area contributed by atoms with Crippen molar-refractivity contribution < 1.29 is 14.7 Å². The van der Waals surface area contributed by atoms with E-state index in [9.17, 15) is 14.7 Å². The number of nitrogens with one attached hydrogen (secondary N) is 1. The van der Waals surface area contributed by atoms with Gasteiger partial charge in [0.1, 0.15) is 11.6 Å². The molecule has 0 bridgehead atoms. The molecule has 21 heavy (non-hydrogen) atoms. The van der Waals surface area contributed by atoms with E-state index >= 15 is 0 Å². The Kier molecular flexibility index (Phi) is 3.16. The number of carbonyl (C=O) groups excluding carboxylic acids is 1. The number of aliphatic carboxylic acids is 1. The van der Waals surface area contributed by atoms with Gasteiger partial charge in [-0.2, -0.15) is 0 Å². The molecule has 1 unspecified atom stereocenters. The van der Waals surface area contributed by atoms with Crippen LogP contribution < -0.4 is 5.32 Å². The average Bonchev–Trinajstić information content (AvgIpc) is 2.85. The fraction of sp³-hybridized carbons (Fsp3) is 0.400. The van der Waals surface area contributed by atoms with Crippen molar-refractivity contribution in [3.8, 4) is 0 Å². The molecule has 6 heteroatoms. The molecule has 1 heterocycles. The minimum atomic E-state index is -1.08. The van der Waals surface area contributed by atoms with Crippen LogP contribution in [0.3, 0.4) is 0 Å². The highest BCUT2D eigenvalue weighted by Crippen LogP contribution is 2.32. The topological polar surface area (TPSA) is 84.2 Å². The van der Waals surface area contributed by atoms with Crippen molar-refractivity contribution in [2.24, 2.45) is 0 Å². The van der Waals surface area contributed by atoms with E-state index in [1.807, 2.05) is 24.3 Å². The molecule has 2 aromatic rings. The second-order valence-electron chi connectivity index (χ2n) is 5.55. The van der Waals surface area contributed by atoms with E-state index in [0.29, 0.717) is 12.8 Å². The number of imidazole rings is 1. The third-order valence-corrected chi connectivity index (χ3v) is 4.26. The van der Waals surface area contributed by atoms with Crippen LogP contribution in [-0.2, 0) is 9.59 Å². The van der Waals surface area contributed by atoms with E-state index < -0.39 is 17.6 Å². The molecule has 0 saturated heterocycles. The summed E-state index contributed by atoms with van der Waals surface area (Å²) in [7, 11) is 0. The highest BCUT2D eigenvalue weighted by Gasteiger charge is 2.46. The Morgan fingerprint density at radius 3 is 2.71 bits per heavy atom. The minimum Gasteiger partial charge on any atom is -0.480 e. The number of carboxylic acid groups (broad SMARTS) is 1. The summed E-state index contributed by atoms with van der Waals surface area (Å²) in [6.07, 6.45) is 3.43. The Balaban J connectivity index is 1.83. The number of fused-ring (bicyclic) bond motifs is 1. The summed E-state index contributed by atoms with van der Waals surface area (Å²) < 4.78 is 1.76. The summed E-state index contributed by atoms with van der Waals surface area (Å²) in [6.45, 7) is 1.75. The third kappa shape index (κ3) is 2.16. The van der Waals surface area contributed by atoms with Crippen molar-refractivity contribution in [2.45, 2.75) is 37.8 Å². The fourth-order valence-corrected chi connectivity index (χ4v) is 2.68. The largest absolute Gasteiger partial charge is 0.480 e. The van der Waals surface area contributed by atoms with Gasteiger partial charge in [-0.1, -0.05) is 12.1 Å². The van der Waals surface area contributed by atoms with Crippen LogP contribution in [0.1, 0.15) is 32.2 Å². The molecule has 110 valence electrons. The van der Waals surface area contributed by atoms with Gasteiger partial charge in [-0.05, 0) is 38.3 Å². The first kappa shape index (κ1) is 13.6. The molecule has 0 aliphatic heterocycles. The molecular formula is C15H17N3O3. The summed E-state index contributed by atoms with van der Waals surface area (Å²) in [5.74, 6) is -1.25. The van der Waals surface area contributed by atoms with Crippen molar-refractivity contribution in [1.29, 1.82) is 0 Å². The Labute approximate surface area is 121 Å². The standard InChI is InChI=1S/C15H17N3O3/c1-10(13(19)17-15(14(20)21)7-4-8-15)18-9-16-11-5-2-3-6-12(11)18/h2-3,5-6,9-10H,4,7-8H2,1H3,(H,17,19)(H,20,21). The second kappa shape index (κ2) is 4.87. The second-order valence-corrected chi connectivity index (χ2v) is 5.55. The van der Waals surface area contributed by atoms with E-state index in [0.717, 1.165) is 17.5 Å². The van der Waals surface area contributed by atoms with E-state index in [2.05, 4.69) is 10.3 Å². The van der Waals surface area contributed by atoms with Crippen LogP contribution in [0.15, 0.2) is 30.6 Å². The number of benzene rings is 1. The maximum Gasteiger partial charge on any atom is 0.329 e. The van der Waals surface area contributed by atoms with Gasteiger partial charge >= 0.3 is 5.97 Å². The number of hydrogen-bond donors (Lipinski definition) is 2. The first-order valence-corrected chi connectivity index (χ1v) is 7.00. The van der Waals surface area contributed by atoms with Gasteiger partial charge in [0, 0.05) is 0 Å². The van der Waals surface area contributed by atoms with Crippen LogP contribution in [0.25, 0.3) is 11.0 Å². The van der Waals surface area contributed by atoms with Gasteiger partial charge in [0.15, 0.2) is 0 Å².